The summed E-state index contributed by atoms with van der Waals surface area (Å²) in [7, 11) is 1.59. The summed E-state index contributed by atoms with van der Waals surface area (Å²) in [6, 6.07) is 15.9. The number of ether oxygens (including phenoxy) is 2. The van der Waals surface area contributed by atoms with E-state index in [1.807, 2.05) is 31.2 Å². The average molecular weight is 383 g/mol. The van der Waals surface area contributed by atoms with E-state index in [0.717, 1.165) is 12.1 Å². The van der Waals surface area contributed by atoms with E-state index >= 15 is 0 Å². The molecular weight excluding hydrogens is 352 g/mol. The van der Waals surface area contributed by atoms with Crippen LogP contribution in [0.4, 0.5) is 0 Å². The zero-order valence-corrected chi connectivity index (χ0v) is 16.8. The molecule has 0 bridgehead atoms. The number of nitrogens with one attached hydrogen (secondary N) is 1. The second kappa shape index (κ2) is 10.1. The largest absolute Gasteiger partial charge is 0.493 e. The number of hydrogen-bond donors (Lipinski definition) is 1. The molecule has 28 heavy (non-hydrogen) atoms. The lowest BCUT2D eigenvalue weighted by Gasteiger charge is -2.19. The zero-order chi connectivity index (χ0) is 19.8. The molecule has 1 aliphatic heterocycles. The van der Waals surface area contributed by atoms with Gasteiger partial charge in [0.05, 0.1) is 7.11 Å². The highest BCUT2D eigenvalue weighted by Gasteiger charge is 2.19. The van der Waals surface area contributed by atoms with Crippen LogP contribution in [0.3, 0.4) is 0 Å². The molecule has 1 saturated heterocycles. The number of likely N-dealkylation sites (tertiary alicyclic amines) is 1. The van der Waals surface area contributed by atoms with Crippen molar-refractivity contribution in [1.82, 2.24) is 10.2 Å². The number of benzene rings is 2. The highest BCUT2D eigenvalue weighted by Crippen LogP contribution is 2.27. The third-order valence-corrected chi connectivity index (χ3v) is 5.10. The maximum Gasteiger partial charge on any atom is 0.261 e. The summed E-state index contributed by atoms with van der Waals surface area (Å²) in [5.74, 6) is 1.09. The number of methoxy groups -OCH3 is 1. The minimum Gasteiger partial charge on any atom is -0.493 e. The SMILES string of the molecule is CC[C@@H](Oc1ccccc1OC)C(=O)NCc1ccc(CN2CCCC2)cc1. The minimum atomic E-state index is -0.550. The van der Waals surface area contributed by atoms with Crippen LogP contribution in [0.15, 0.2) is 48.5 Å². The van der Waals surface area contributed by atoms with Gasteiger partial charge in [-0.15, -0.1) is 0 Å². The normalized spacial score (nSPS) is 15.2. The average Bonchev–Trinajstić information content (AvgIpc) is 3.24. The number of carbonyl (C=O) groups is 1. The third-order valence-electron chi connectivity index (χ3n) is 5.10. The molecule has 1 atom stereocenters. The van der Waals surface area contributed by atoms with Crippen molar-refractivity contribution in [3.63, 3.8) is 0 Å². The molecule has 0 unspecified atom stereocenters. The lowest BCUT2D eigenvalue weighted by molar-refractivity contribution is -0.128. The van der Waals surface area contributed by atoms with E-state index in [1.165, 1.54) is 31.5 Å². The lowest BCUT2D eigenvalue weighted by Crippen LogP contribution is -2.37. The minimum absolute atomic E-state index is 0.116. The van der Waals surface area contributed by atoms with Gasteiger partial charge in [-0.3, -0.25) is 9.69 Å². The number of para-hydroxylation sites is 2. The van der Waals surface area contributed by atoms with Gasteiger partial charge in [0.1, 0.15) is 0 Å². The van der Waals surface area contributed by atoms with E-state index in [0.29, 0.717) is 24.5 Å². The van der Waals surface area contributed by atoms with Crippen molar-refractivity contribution in [2.75, 3.05) is 20.2 Å². The molecule has 3 rings (SSSR count). The standard InChI is InChI=1S/C23H30N2O3/c1-3-20(28-22-9-5-4-8-21(22)27-2)23(26)24-16-18-10-12-19(13-11-18)17-25-14-6-7-15-25/h4-5,8-13,20H,3,6-7,14-17H2,1-2H3,(H,24,26)/t20-/m1/s1. The summed E-state index contributed by atoms with van der Waals surface area (Å²) in [5.41, 5.74) is 2.41. The van der Waals surface area contributed by atoms with Crippen LogP contribution < -0.4 is 14.8 Å². The van der Waals surface area contributed by atoms with Crippen LogP contribution >= 0.6 is 0 Å². The highest BCUT2D eigenvalue weighted by molar-refractivity contribution is 5.81. The van der Waals surface area contributed by atoms with Gasteiger partial charge >= 0.3 is 0 Å². The van der Waals surface area contributed by atoms with Gasteiger partial charge in [0.25, 0.3) is 5.91 Å². The molecule has 0 spiro atoms. The van der Waals surface area contributed by atoms with E-state index in [2.05, 4.69) is 34.5 Å². The van der Waals surface area contributed by atoms with Gasteiger partial charge in [-0.05, 0) is 55.6 Å². The van der Waals surface area contributed by atoms with E-state index in [1.54, 1.807) is 7.11 Å². The molecule has 1 amide bonds. The Hall–Kier alpha value is -2.53. The Kier molecular flexibility index (Phi) is 7.31. The van der Waals surface area contributed by atoms with Gasteiger partial charge in [0.15, 0.2) is 17.6 Å². The summed E-state index contributed by atoms with van der Waals surface area (Å²) in [6.45, 7) is 5.84. The molecule has 5 heteroatoms. The topological polar surface area (TPSA) is 50.8 Å². The van der Waals surface area contributed by atoms with Gasteiger partial charge in [-0.25, -0.2) is 0 Å². The summed E-state index contributed by atoms with van der Waals surface area (Å²) >= 11 is 0. The number of amides is 1. The molecule has 1 heterocycles. The molecule has 5 nitrogen and oxygen atoms in total. The Labute approximate surface area is 167 Å². The fourth-order valence-electron chi connectivity index (χ4n) is 3.46. The second-order valence-electron chi connectivity index (χ2n) is 7.18. The number of hydrogen-bond acceptors (Lipinski definition) is 4. The Morgan fingerprint density at radius 1 is 1.04 bits per heavy atom. The molecule has 2 aromatic rings. The van der Waals surface area contributed by atoms with Crippen molar-refractivity contribution in [2.45, 2.75) is 45.4 Å². The molecule has 150 valence electrons. The lowest BCUT2D eigenvalue weighted by atomic mass is 10.1. The van der Waals surface area contributed by atoms with Gasteiger partial charge < -0.3 is 14.8 Å². The summed E-state index contributed by atoms with van der Waals surface area (Å²) < 4.78 is 11.2. The second-order valence-corrected chi connectivity index (χ2v) is 7.18. The van der Waals surface area contributed by atoms with E-state index in [9.17, 15) is 4.79 Å². The van der Waals surface area contributed by atoms with Gasteiger partial charge in [-0.2, -0.15) is 0 Å². The first-order valence-electron chi connectivity index (χ1n) is 10.1. The van der Waals surface area contributed by atoms with Gasteiger partial charge in [-0.1, -0.05) is 43.3 Å². The van der Waals surface area contributed by atoms with E-state index in [-0.39, 0.29) is 5.91 Å². The van der Waals surface area contributed by atoms with Crippen molar-refractivity contribution >= 4 is 5.91 Å². The molecule has 0 aromatic heterocycles. The predicted molar refractivity (Wildman–Crippen MR) is 111 cm³/mol. The van der Waals surface area contributed by atoms with Crippen molar-refractivity contribution in [2.24, 2.45) is 0 Å². The van der Waals surface area contributed by atoms with Crippen molar-refractivity contribution in [3.05, 3.63) is 59.7 Å². The molecule has 1 N–H and O–H groups in total. The first-order valence-corrected chi connectivity index (χ1v) is 10.1. The smallest absolute Gasteiger partial charge is 0.261 e. The Balaban J connectivity index is 1.51. The van der Waals surface area contributed by atoms with Crippen LogP contribution in [0.1, 0.15) is 37.3 Å². The van der Waals surface area contributed by atoms with E-state index < -0.39 is 6.10 Å². The van der Waals surface area contributed by atoms with Crippen LogP contribution in [0.2, 0.25) is 0 Å². The van der Waals surface area contributed by atoms with Crippen molar-refractivity contribution in [1.29, 1.82) is 0 Å². The first kappa shape index (κ1) is 20.2. The highest BCUT2D eigenvalue weighted by atomic mass is 16.5. The van der Waals surface area contributed by atoms with Crippen LogP contribution in [-0.4, -0.2) is 37.1 Å². The fourth-order valence-corrected chi connectivity index (χ4v) is 3.46. The maximum absolute atomic E-state index is 12.6. The van der Waals surface area contributed by atoms with Crippen molar-refractivity contribution in [3.8, 4) is 11.5 Å². The molecule has 1 fully saturated rings. The fraction of sp³-hybridized carbons (Fsp3) is 0.435. The zero-order valence-electron chi connectivity index (χ0n) is 16.8. The predicted octanol–water partition coefficient (Wildman–Crippen LogP) is 3.76. The summed E-state index contributed by atoms with van der Waals surface area (Å²) in [6.07, 6.45) is 2.64. The number of nitrogens with zero attached hydrogens (tertiary/aromatic N) is 1. The van der Waals surface area contributed by atoms with Crippen molar-refractivity contribution < 1.29 is 14.3 Å². The summed E-state index contributed by atoms with van der Waals surface area (Å²) in [4.78, 5) is 15.0. The third kappa shape index (κ3) is 5.49. The Morgan fingerprint density at radius 3 is 2.32 bits per heavy atom. The summed E-state index contributed by atoms with van der Waals surface area (Å²) in [5, 5.41) is 2.99. The quantitative estimate of drug-likeness (QED) is 0.717. The van der Waals surface area contributed by atoms with E-state index in [4.69, 9.17) is 9.47 Å². The van der Waals surface area contributed by atoms with Crippen LogP contribution in [0.25, 0.3) is 0 Å². The molecule has 0 saturated carbocycles. The van der Waals surface area contributed by atoms with Gasteiger partial charge in [0.2, 0.25) is 0 Å². The van der Waals surface area contributed by atoms with Gasteiger partial charge in [0, 0.05) is 13.1 Å². The van der Waals surface area contributed by atoms with Crippen LogP contribution in [0.5, 0.6) is 11.5 Å². The number of carbonyl (C=O) groups excluding carboxylic acids is 1. The Bertz CT molecular complexity index is 755. The molecule has 0 aliphatic carbocycles. The molecular formula is C23H30N2O3. The first-order chi connectivity index (χ1) is 13.7. The monoisotopic (exact) mass is 382 g/mol. The molecule has 2 aromatic carbocycles. The maximum atomic E-state index is 12.6. The molecule has 0 radical (unpaired) electrons. The number of rotatable bonds is 9. The van der Waals surface area contributed by atoms with Crippen LogP contribution in [-0.2, 0) is 17.9 Å². The Morgan fingerprint density at radius 2 is 1.68 bits per heavy atom. The molecule has 1 aliphatic rings. The van der Waals surface area contributed by atoms with Crippen LogP contribution in [0, 0.1) is 0 Å².